The summed E-state index contributed by atoms with van der Waals surface area (Å²) in [4.78, 5) is 0. The SMILES string of the molecule is C[C@@H](O)CCC1CCC(Oc2cccc(Br)c2C(F)(F)F)CC1. The molecule has 0 radical (unpaired) electrons. The lowest BCUT2D eigenvalue weighted by Gasteiger charge is -2.30. The third-order valence-electron chi connectivity index (χ3n) is 4.34. The normalized spacial score (nSPS) is 23.6. The van der Waals surface area contributed by atoms with E-state index < -0.39 is 11.7 Å². The fraction of sp³-hybridized carbons (Fsp3) is 0.647. The maximum absolute atomic E-state index is 13.2. The van der Waals surface area contributed by atoms with Crippen molar-refractivity contribution in [2.24, 2.45) is 5.92 Å². The molecule has 1 aromatic rings. The van der Waals surface area contributed by atoms with E-state index in [4.69, 9.17) is 4.74 Å². The number of ether oxygens (including phenoxy) is 1. The molecule has 0 bridgehead atoms. The van der Waals surface area contributed by atoms with Gasteiger partial charge in [-0.3, -0.25) is 0 Å². The van der Waals surface area contributed by atoms with E-state index in [-0.39, 0.29) is 22.4 Å². The van der Waals surface area contributed by atoms with Crippen LogP contribution in [0.3, 0.4) is 0 Å². The second-order valence-corrected chi connectivity index (χ2v) is 7.15. The van der Waals surface area contributed by atoms with E-state index in [0.29, 0.717) is 5.92 Å². The maximum atomic E-state index is 13.2. The number of benzene rings is 1. The number of aliphatic hydroxyl groups is 1. The molecule has 1 saturated carbocycles. The first-order chi connectivity index (χ1) is 10.8. The summed E-state index contributed by atoms with van der Waals surface area (Å²) in [5.41, 5.74) is -0.740. The van der Waals surface area contributed by atoms with Crippen molar-refractivity contribution in [1.82, 2.24) is 0 Å². The first-order valence-electron chi connectivity index (χ1n) is 7.97. The van der Waals surface area contributed by atoms with Crippen LogP contribution in [0.1, 0.15) is 51.0 Å². The lowest BCUT2D eigenvalue weighted by molar-refractivity contribution is -0.140. The molecule has 0 aliphatic heterocycles. The van der Waals surface area contributed by atoms with Crippen LogP contribution in [0.5, 0.6) is 5.75 Å². The summed E-state index contributed by atoms with van der Waals surface area (Å²) in [5.74, 6) is 0.438. The third-order valence-corrected chi connectivity index (χ3v) is 5.00. The zero-order valence-corrected chi connectivity index (χ0v) is 14.7. The van der Waals surface area contributed by atoms with E-state index in [9.17, 15) is 18.3 Å². The zero-order chi connectivity index (χ0) is 17.0. The predicted molar refractivity (Wildman–Crippen MR) is 86.4 cm³/mol. The molecule has 6 heteroatoms. The first-order valence-corrected chi connectivity index (χ1v) is 8.77. The Hall–Kier alpha value is -0.750. The van der Waals surface area contributed by atoms with Crippen molar-refractivity contribution < 1.29 is 23.0 Å². The minimum Gasteiger partial charge on any atom is -0.490 e. The molecule has 1 aliphatic carbocycles. The Bertz CT molecular complexity index is 509. The van der Waals surface area contributed by atoms with Gasteiger partial charge in [-0.05, 0) is 63.5 Å². The monoisotopic (exact) mass is 394 g/mol. The number of aliphatic hydroxyl groups excluding tert-OH is 1. The molecule has 2 rings (SSSR count). The van der Waals surface area contributed by atoms with Gasteiger partial charge in [-0.2, -0.15) is 13.2 Å². The van der Waals surface area contributed by atoms with E-state index >= 15 is 0 Å². The van der Waals surface area contributed by atoms with E-state index in [2.05, 4.69) is 15.9 Å². The molecule has 2 nitrogen and oxygen atoms in total. The highest BCUT2D eigenvalue weighted by molar-refractivity contribution is 9.10. The van der Waals surface area contributed by atoms with Crippen LogP contribution in [0.15, 0.2) is 22.7 Å². The van der Waals surface area contributed by atoms with Gasteiger partial charge >= 0.3 is 6.18 Å². The average Bonchev–Trinajstić information content (AvgIpc) is 2.45. The third kappa shape index (κ3) is 5.38. The Balaban J connectivity index is 1.96. The van der Waals surface area contributed by atoms with Gasteiger partial charge in [-0.1, -0.05) is 22.0 Å². The van der Waals surface area contributed by atoms with Gasteiger partial charge in [0.1, 0.15) is 11.3 Å². The minimum absolute atomic E-state index is 0.00752. The molecule has 0 aromatic heterocycles. The molecule has 1 aliphatic rings. The zero-order valence-electron chi connectivity index (χ0n) is 13.1. The van der Waals surface area contributed by atoms with E-state index in [0.717, 1.165) is 38.5 Å². The smallest absolute Gasteiger partial charge is 0.421 e. The van der Waals surface area contributed by atoms with Crippen molar-refractivity contribution in [2.75, 3.05) is 0 Å². The summed E-state index contributed by atoms with van der Waals surface area (Å²) in [5, 5.41) is 9.33. The van der Waals surface area contributed by atoms with Crippen LogP contribution in [0, 0.1) is 5.92 Å². The van der Waals surface area contributed by atoms with Crippen molar-refractivity contribution in [3.05, 3.63) is 28.2 Å². The van der Waals surface area contributed by atoms with E-state index in [1.165, 1.54) is 12.1 Å². The average molecular weight is 395 g/mol. The highest BCUT2D eigenvalue weighted by Gasteiger charge is 2.37. The van der Waals surface area contributed by atoms with E-state index in [1.807, 2.05) is 0 Å². The van der Waals surface area contributed by atoms with Crippen LogP contribution in [0.2, 0.25) is 0 Å². The summed E-state index contributed by atoms with van der Waals surface area (Å²) in [7, 11) is 0. The second-order valence-electron chi connectivity index (χ2n) is 6.30. The van der Waals surface area contributed by atoms with Crippen LogP contribution >= 0.6 is 15.9 Å². The lowest BCUT2D eigenvalue weighted by Crippen LogP contribution is -2.25. The largest absolute Gasteiger partial charge is 0.490 e. The molecular weight excluding hydrogens is 373 g/mol. The molecule has 23 heavy (non-hydrogen) atoms. The summed E-state index contributed by atoms with van der Waals surface area (Å²) >= 11 is 2.97. The number of hydrogen-bond acceptors (Lipinski definition) is 2. The summed E-state index contributed by atoms with van der Waals surface area (Å²) in [6, 6.07) is 4.32. The number of hydrogen-bond donors (Lipinski definition) is 1. The van der Waals surface area contributed by atoms with Gasteiger partial charge in [0.25, 0.3) is 0 Å². The van der Waals surface area contributed by atoms with Crippen LogP contribution in [0.25, 0.3) is 0 Å². The summed E-state index contributed by atoms with van der Waals surface area (Å²) < 4.78 is 45.2. The van der Waals surface area contributed by atoms with E-state index in [1.54, 1.807) is 13.0 Å². The van der Waals surface area contributed by atoms with Gasteiger partial charge in [0.15, 0.2) is 0 Å². The number of alkyl halides is 3. The molecule has 0 heterocycles. The lowest BCUT2D eigenvalue weighted by atomic mass is 9.84. The Kier molecular flexibility index (Phi) is 6.37. The van der Waals surface area contributed by atoms with Crippen molar-refractivity contribution in [3.8, 4) is 5.75 Å². The van der Waals surface area contributed by atoms with Crippen molar-refractivity contribution in [1.29, 1.82) is 0 Å². The number of halogens is 4. The molecule has 1 aromatic carbocycles. The van der Waals surface area contributed by atoms with Gasteiger partial charge in [0.2, 0.25) is 0 Å². The predicted octanol–water partition coefficient (Wildman–Crippen LogP) is 5.57. The molecule has 130 valence electrons. The molecule has 1 N–H and O–H groups in total. The fourth-order valence-electron chi connectivity index (χ4n) is 3.07. The van der Waals surface area contributed by atoms with Crippen LogP contribution in [-0.4, -0.2) is 17.3 Å². The van der Waals surface area contributed by atoms with Crippen molar-refractivity contribution in [3.63, 3.8) is 0 Å². The summed E-state index contributed by atoms with van der Waals surface area (Å²) in [6.07, 6.45) is 0.231. The fourth-order valence-corrected chi connectivity index (χ4v) is 3.65. The van der Waals surface area contributed by atoms with Gasteiger partial charge in [0.05, 0.1) is 12.2 Å². The Morgan fingerprint density at radius 3 is 2.48 bits per heavy atom. The van der Waals surface area contributed by atoms with Gasteiger partial charge in [0, 0.05) is 4.47 Å². The standard InChI is InChI=1S/C17H22BrF3O2/c1-11(22)5-6-12-7-9-13(10-8-12)23-15-4-2-3-14(18)16(15)17(19,20)21/h2-4,11-13,22H,5-10H2,1H3/t11-,12?,13?/m1/s1. The molecule has 1 fully saturated rings. The Morgan fingerprint density at radius 2 is 1.91 bits per heavy atom. The van der Waals surface area contributed by atoms with Crippen molar-refractivity contribution >= 4 is 15.9 Å². The van der Waals surface area contributed by atoms with Crippen LogP contribution < -0.4 is 4.74 Å². The minimum atomic E-state index is -4.44. The second kappa shape index (κ2) is 7.88. The van der Waals surface area contributed by atoms with Crippen LogP contribution in [-0.2, 0) is 6.18 Å². The highest BCUT2D eigenvalue weighted by Crippen LogP contribution is 2.42. The number of rotatable bonds is 5. The van der Waals surface area contributed by atoms with Gasteiger partial charge < -0.3 is 9.84 Å². The molecular formula is C17H22BrF3O2. The molecule has 1 atom stereocenters. The highest BCUT2D eigenvalue weighted by atomic mass is 79.9. The summed E-state index contributed by atoms with van der Waals surface area (Å²) in [6.45, 7) is 1.78. The van der Waals surface area contributed by atoms with Gasteiger partial charge in [-0.25, -0.2) is 0 Å². The molecule has 0 amide bonds. The topological polar surface area (TPSA) is 29.5 Å². The molecule has 0 spiro atoms. The quantitative estimate of drug-likeness (QED) is 0.707. The molecule has 0 unspecified atom stereocenters. The van der Waals surface area contributed by atoms with Gasteiger partial charge in [-0.15, -0.1) is 0 Å². The Labute approximate surface area is 143 Å². The first kappa shape index (κ1) is 18.6. The van der Waals surface area contributed by atoms with Crippen molar-refractivity contribution in [2.45, 2.75) is 63.8 Å². The maximum Gasteiger partial charge on any atom is 0.421 e. The Morgan fingerprint density at radius 1 is 1.26 bits per heavy atom. The molecule has 0 saturated heterocycles. The van der Waals surface area contributed by atoms with Crippen LogP contribution in [0.4, 0.5) is 13.2 Å².